The number of para-hydroxylation sites is 1. The van der Waals surface area contributed by atoms with E-state index in [1.165, 1.54) is 17.0 Å². The Morgan fingerprint density at radius 1 is 1.03 bits per heavy atom. The maximum Gasteiger partial charge on any atom is 0.261 e. The monoisotopic (exact) mass is 400 g/mol. The predicted molar refractivity (Wildman–Crippen MR) is 111 cm³/mol. The summed E-state index contributed by atoms with van der Waals surface area (Å²) in [5, 5.41) is 2.95. The second kappa shape index (κ2) is 11.2. The highest BCUT2D eigenvalue weighted by Gasteiger charge is 2.29. The number of amides is 2. The molecule has 2 aromatic carbocycles. The van der Waals surface area contributed by atoms with Crippen molar-refractivity contribution in [1.29, 1.82) is 0 Å². The zero-order valence-electron chi connectivity index (χ0n) is 17.2. The molecule has 1 N–H and O–H groups in total. The first-order valence-electron chi connectivity index (χ1n) is 9.97. The molecule has 2 aromatic rings. The van der Waals surface area contributed by atoms with Crippen LogP contribution in [-0.2, 0) is 16.1 Å². The summed E-state index contributed by atoms with van der Waals surface area (Å²) in [5.74, 6) is -1.09. The summed E-state index contributed by atoms with van der Waals surface area (Å²) >= 11 is 0. The van der Waals surface area contributed by atoms with Crippen LogP contribution in [0.4, 0.5) is 4.39 Å². The number of halogens is 1. The van der Waals surface area contributed by atoms with Gasteiger partial charge in [0.2, 0.25) is 5.91 Å². The summed E-state index contributed by atoms with van der Waals surface area (Å²) in [7, 11) is 0. The second-order valence-electron chi connectivity index (χ2n) is 6.97. The number of nitrogens with zero attached hydrogens (tertiary/aromatic N) is 1. The molecule has 0 saturated heterocycles. The lowest BCUT2D eigenvalue weighted by atomic mass is 10.1. The number of rotatable bonds is 10. The van der Waals surface area contributed by atoms with Crippen molar-refractivity contribution in [3.8, 4) is 5.75 Å². The largest absolute Gasteiger partial charge is 0.481 e. The molecule has 0 fully saturated rings. The Kier molecular flexibility index (Phi) is 8.65. The Bertz CT molecular complexity index is 798. The minimum absolute atomic E-state index is 0.0117. The van der Waals surface area contributed by atoms with Gasteiger partial charge in [0.25, 0.3) is 5.91 Å². The third-order valence-electron chi connectivity index (χ3n) is 4.77. The molecule has 0 radical (unpaired) electrons. The van der Waals surface area contributed by atoms with Crippen molar-refractivity contribution in [3.63, 3.8) is 0 Å². The van der Waals surface area contributed by atoms with Crippen molar-refractivity contribution in [2.45, 2.75) is 52.2 Å². The average Bonchev–Trinajstić information content (AvgIpc) is 2.73. The number of benzene rings is 2. The first-order chi connectivity index (χ1) is 14.0. The quantitative estimate of drug-likeness (QED) is 0.657. The van der Waals surface area contributed by atoms with Crippen LogP contribution >= 0.6 is 0 Å². The van der Waals surface area contributed by atoms with E-state index < -0.39 is 11.9 Å². The molecule has 2 atom stereocenters. The van der Waals surface area contributed by atoms with Gasteiger partial charge in [-0.15, -0.1) is 0 Å². The molecule has 29 heavy (non-hydrogen) atoms. The lowest BCUT2D eigenvalue weighted by Gasteiger charge is -2.31. The van der Waals surface area contributed by atoms with Gasteiger partial charge in [0.1, 0.15) is 6.04 Å². The van der Waals surface area contributed by atoms with E-state index in [0.717, 1.165) is 12.0 Å². The lowest BCUT2D eigenvalue weighted by molar-refractivity contribution is -0.143. The molecule has 2 amide bonds. The molecule has 0 saturated carbocycles. The molecule has 0 spiro atoms. The van der Waals surface area contributed by atoms with Gasteiger partial charge in [0, 0.05) is 12.6 Å². The van der Waals surface area contributed by atoms with Crippen molar-refractivity contribution in [2.75, 3.05) is 6.61 Å². The van der Waals surface area contributed by atoms with Crippen LogP contribution < -0.4 is 10.1 Å². The Morgan fingerprint density at radius 2 is 1.69 bits per heavy atom. The Hall–Kier alpha value is -2.89. The van der Waals surface area contributed by atoms with Crippen LogP contribution in [0.1, 0.15) is 39.2 Å². The molecule has 2 rings (SSSR count). The summed E-state index contributed by atoms with van der Waals surface area (Å²) in [6.07, 6.45) is 1.26. The summed E-state index contributed by atoms with van der Waals surface area (Å²) in [4.78, 5) is 27.3. The summed E-state index contributed by atoms with van der Waals surface area (Å²) in [6, 6.07) is 14.8. The molecule has 6 heteroatoms. The van der Waals surface area contributed by atoms with E-state index in [0.29, 0.717) is 6.42 Å². The lowest BCUT2D eigenvalue weighted by Crippen LogP contribution is -2.51. The van der Waals surface area contributed by atoms with E-state index in [1.807, 2.05) is 51.1 Å². The van der Waals surface area contributed by atoms with E-state index in [9.17, 15) is 14.0 Å². The smallest absolute Gasteiger partial charge is 0.261 e. The SMILES string of the molecule is CC[C@H](C(=O)N[C@@H](C)CC)N(Cc1ccccc1)C(=O)COc1ccccc1F. The fourth-order valence-electron chi connectivity index (χ4n) is 2.92. The highest BCUT2D eigenvalue weighted by atomic mass is 19.1. The van der Waals surface area contributed by atoms with Crippen molar-refractivity contribution in [3.05, 3.63) is 66.0 Å². The van der Waals surface area contributed by atoms with E-state index in [1.54, 1.807) is 12.1 Å². The van der Waals surface area contributed by atoms with Gasteiger partial charge in [0.15, 0.2) is 18.2 Å². The normalized spacial score (nSPS) is 12.7. The Labute approximate surface area is 171 Å². The summed E-state index contributed by atoms with van der Waals surface area (Å²) in [5.41, 5.74) is 0.904. The van der Waals surface area contributed by atoms with Crippen LogP contribution in [-0.4, -0.2) is 35.4 Å². The van der Waals surface area contributed by atoms with E-state index in [2.05, 4.69) is 5.32 Å². The van der Waals surface area contributed by atoms with Gasteiger partial charge in [-0.1, -0.05) is 56.3 Å². The van der Waals surface area contributed by atoms with Crippen LogP contribution in [0.25, 0.3) is 0 Å². The van der Waals surface area contributed by atoms with Crippen molar-refractivity contribution < 1.29 is 18.7 Å². The average molecular weight is 400 g/mol. The molecule has 0 aliphatic heterocycles. The molecule has 0 aliphatic carbocycles. The number of carbonyl (C=O) groups excluding carboxylic acids is 2. The molecule has 156 valence electrons. The van der Waals surface area contributed by atoms with E-state index >= 15 is 0 Å². The third kappa shape index (κ3) is 6.59. The van der Waals surface area contributed by atoms with Crippen LogP contribution in [0, 0.1) is 5.82 Å². The molecule has 5 nitrogen and oxygen atoms in total. The van der Waals surface area contributed by atoms with Crippen molar-refractivity contribution in [1.82, 2.24) is 10.2 Å². The molecule has 0 unspecified atom stereocenters. The van der Waals surface area contributed by atoms with Crippen LogP contribution in [0.5, 0.6) is 5.75 Å². The third-order valence-corrected chi connectivity index (χ3v) is 4.77. The van der Waals surface area contributed by atoms with Gasteiger partial charge in [-0.25, -0.2) is 4.39 Å². The number of hydrogen-bond acceptors (Lipinski definition) is 3. The maximum atomic E-state index is 13.8. The van der Waals surface area contributed by atoms with E-state index in [4.69, 9.17) is 4.74 Å². The minimum Gasteiger partial charge on any atom is -0.481 e. The first-order valence-corrected chi connectivity index (χ1v) is 9.97. The standard InChI is InChI=1S/C23H29FN2O3/c1-4-17(3)25-23(28)20(5-2)26(15-18-11-7-6-8-12-18)22(27)16-29-21-14-10-9-13-19(21)24/h6-14,17,20H,4-5,15-16H2,1-3H3,(H,25,28)/t17-,20+/m0/s1. The number of hydrogen-bond donors (Lipinski definition) is 1. The van der Waals surface area contributed by atoms with Gasteiger partial charge in [0.05, 0.1) is 0 Å². The Morgan fingerprint density at radius 3 is 2.31 bits per heavy atom. The first kappa shape index (κ1) is 22.4. The van der Waals surface area contributed by atoms with Gasteiger partial charge in [-0.2, -0.15) is 0 Å². The molecular weight excluding hydrogens is 371 g/mol. The highest BCUT2D eigenvalue weighted by molar-refractivity contribution is 5.88. The Balaban J connectivity index is 2.19. The van der Waals surface area contributed by atoms with Gasteiger partial charge in [-0.3, -0.25) is 9.59 Å². The van der Waals surface area contributed by atoms with Gasteiger partial charge in [-0.05, 0) is 37.5 Å². The van der Waals surface area contributed by atoms with Crippen LogP contribution in [0.15, 0.2) is 54.6 Å². The maximum absolute atomic E-state index is 13.8. The summed E-state index contributed by atoms with van der Waals surface area (Å²) in [6.45, 7) is 5.70. The van der Waals surface area contributed by atoms with Crippen LogP contribution in [0.3, 0.4) is 0 Å². The summed E-state index contributed by atoms with van der Waals surface area (Å²) < 4.78 is 19.2. The molecule has 0 bridgehead atoms. The zero-order chi connectivity index (χ0) is 21.2. The van der Waals surface area contributed by atoms with Crippen molar-refractivity contribution >= 4 is 11.8 Å². The molecule has 0 aliphatic rings. The van der Waals surface area contributed by atoms with Crippen molar-refractivity contribution in [2.24, 2.45) is 0 Å². The number of carbonyl (C=O) groups is 2. The molecule has 0 aromatic heterocycles. The van der Waals surface area contributed by atoms with Gasteiger partial charge >= 0.3 is 0 Å². The predicted octanol–water partition coefficient (Wildman–Crippen LogP) is 3.93. The topological polar surface area (TPSA) is 58.6 Å². The van der Waals surface area contributed by atoms with E-state index in [-0.39, 0.29) is 36.8 Å². The van der Waals surface area contributed by atoms with Gasteiger partial charge < -0.3 is 15.0 Å². The molecule has 0 heterocycles. The second-order valence-corrected chi connectivity index (χ2v) is 6.97. The highest BCUT2D eigenvalue weighted by Crippen LogP contribution is 2.17. The minimum atomic E-state index is -0.638. The fourth-order valence-corrected chi connectivity index (χ4v) is 2.92. The van der Waals surface area contributed by atoms with Crippen LogP contribution in [0.2, 0.25) is 0 Å². The fraction of sp³-hybridized carbons (Fsp3) is 0.391. The molecular formula is C23H29FN2O3. The number of ether oxygens (including phenoxy) is 1. The zero-order valence-corrected chi connectivity index (χ0v) is 17.2. The number of nitrogens with one attached hydrogen (secondary N) is 1.